The molecule has 2 aromatic rings. The molecule has 1 saturated carbocycles. The lowest BCUT2D eigenvalue weighted by Crippen LogP contribution is -2.36. The largest absolute Gasteiger partial charge is 0.464 e. The van der Waals surface area contributed by atoms with Gasteiger partial charge in [-0.1, -0.05) is 11.3 Å². The first-order valence-corrected chi connectivity index (χ1v) is 13.5. The lowest BCUT2D eigenvalue weighted by atomic mass is 9.76. The summed E-state index contributed by atoms with van der Waals surface area (Å²) in [6.07, 6.45) is 11.9. The Bertz CT molecular complexity index is 1030. The van der Waals surface area contributed by atoms with Crippen LogP contribution in [0.4, 0.5) is 13.2 Å². The molecule has 0 unspecified atom stereocenters. The molecular weight excluding hydrogens is 489 g/mol. The van der Waals surface area contributed by atoms with Crippen LogP contribution in [0.1, 0.15) is 61.6 Å². The van der Waals surface area contributed by atoms with Gasteiger partial charge >= 0.3 is 0 Å². The van der Waals surface area contributed by atoms with Gasteiger partial charge in [-0.3, -0.25) is 9.48 Å². The lowest BCUT2D eigenvalue weighted by molar-refractivity contribution is -0.115. The molecule has 6 nitrogen and oxygen atoms in total. The monoisotopic (exact) mass is 524 g/mol. The van der Waals surface area contributed by atoms with E-state index in [9.17, 15) is 13.6 Å². The number of aryl methyl sites for hydroxylation is 1. The number of aromatic nitrogens is 3. The molecule has 4 rings (SSSR count). The summed E-state index contributed by atoms with van der Waals surface area (Å²) >= 11 is 1.34. The first-order chi connectivity index (χ1) is 17.1. The normalized spacial score (nSPS) is 23.5. The zero-order valence-electron chi connectivity index (χ0n) is 21.0. The van der Waals surface area contributed by atoms with Crippen molar-refractivity contribution in [3.63, 3.8) is 0 Å². The number of hydrogen-bond acceptors (Lipinski definition) is 6. The van der Waals surface area contributed by atoms with Crippen LogP contribution in [0.5, 0.6) is 5.19 Å². The maximum Gasteiger partial charge on any atom is 0.278 e. The second kappa shape index (κ2) is 11.5. The average molecular weight is 525 g/mol. The van der Waals surface area contributed by atoms with Crippen molar-refractivity contribution in [3.05, 3.63) is 34.6 Å². The number of thiazole rings is 1. The Kier molecular flexibility index (Phi) is 8.55. The summed E-state index contributed by atoms with van der Waals surface area (Å²) in [5, 5.41) is 4.39. The minimum absolute atomic E-state index is 0.0813. The van der Waals surface area contributed by atoms with Crippen LogP contribution in [0.25, 0.3) is 6.08 Å². The highest BCUT2D eigenvalue weighted by Gasteiger charge is 2.36. The summed E-state index contributed by atoms with van der Waals surface area (Å²) in [5.74, 6) is -2.56. The van der Waals surface area contributed by atoms with Crippen molar-refractivity contribution in [2.45, 2.75) is 69.9 Å². The van der Waals surface area contributed by atoms with Gasteiger partial charge in [0.2, 0.25) is 0 Å². The van der Waals surface area contributed by atoms with Crippen LogP contribution in [0.2, 0.25) is 0 Å². The van der Waals surface area contributed by atoms with Crippen molar-refractivity contribution in [2.75, 3.05) is 26.2 Å². The minimum Gasteiger partial charge on any atom is -0.464 e. The van der Waals surface area contributed by atoms with Gasteiger partial charge in [-0.05, 0) is 56.6 Å². The van der Waals surface area contributed by atoms with Crippen LogP contribution in [-0.4, -0.2) is 63.3 Å². The molecule has 0 atom stereocenters. The molecule has 0 aromatic carbocycles. The van der Waals surface area contributed by atoms with Gasteiger partial charge in [0.25, 0.3) is 11.1 Å². The van der Waals surface area contributed by atoms with E-state index in [-0.39, 0.29) is 11.7 Å². The second-order valence-electron chi connectivity index (χ2n) is 10.3. The molecule has 1 fully saturated rings. The Morgan fingerprint density at radius 3 is 2.75 bits per heavy atom. The number of carbonyl (C=O) groups is 1. The van der Waals surface area contributed by atoms with E-state index in [2.05, 4.69) is 15.0 Å². The van der Waals surface area contributed by atoms with Crippen LogP contribution < -0.4 is 4.74 Å². The standard InChI is InChI=1S/C26H35F3N4O2S/c1-25(27,28)18-35-24-31-22-7-12-33(13-8-23(22)36-24)14-11-26(29)9-5-19(6-10-26)15-21(34)4-3-20-16-30-32(2)17-20/h3-4,16-17,19H,5-15,18H2,1-2H3. The van der Waals surface area contributed by atoms with Gasteiger partial charge in [-0.25, -0.2) is 18.2 Å². The van der Waals surface area contributed by atoms with E-state index in [4.69, 9.17) is 4.74 Å². The molecule has 0 radical (unpaired) electrons. The van der Waals surface area contributed by atoms with E-state index >= 15 is 4.39 Å². The number of allylic oxidation sites excluding steroid dienone is 1. The fourth-order valence-electron chi connectivity index (χ4n) is 4.94. The second-order valence-corrected chi connectivity index (χ2v) is 11.4. The molecular formula is C26H35F3N4O2S. The Morgan fingerprint density at radius 1 is 1.31 bits per heavy atom. The van der Waals surface area contributed by atoms with Crippen LogP contribution in [0, 0.1) is 5.92 Å². The topological polar surface area (TPSA) is 60.2 Å². The number of ether oxygens (including phenoxy) is 1. The summed E-state index contributed by atoms with van der Waals surface area (Å²) in [7, 11) is 1.83. The molecule has 1 aliphatic heterocycles. The molecule has 0 saturated heterocycles. The lowest BCUT2D eigenvalue weighted by Gasteiger charge is -2.35. The van der Waals surface area contributed by atoms with Crippen molar-refractivity contribution in [1.29, 1.82) is 0 Å². The Balaban J connectivity index is 1.17. The van der Waals surface area contributed by atoms with Gasteiger partial charge in [0.1, 0.15) is 5.67 Å². The average Bonchev–Trinajstić information content (AvgIpc) is 3.37. The zero-order chi connectivity index (χ0) is 25.8. The maximum absolute atomic E-state index is 15.5. The quantitative estimate of drug-likeness (QED) is 0.396. The predicted molar refractivity (Wildman–Crippen MR) is 134 cm³/mol. The third kappa shape index (κ3) is 7.90. The molecule has 198 valence electrons. The van der Waals surface area contributed by atoms with Gasteiger partial charge in [-0.2, -0.15) is 5.10 Å². The Morgan fingerprint density at radius 2 is 2.06 bits per heavy atom. The van der Waals surface area contributed by atoms with Gasteiger partial charge < -0.3 is 9.64 Å². The molecule has 10 heteroatoms. The smallest absolute Gasteiger partial charge is 0.278 e. The first-order valence-electron chi connectivity index (χ1n) is 12.7. The summed E-state index contributed by atoms with van der Waals surface area (Å²) in [5.41, 5.74) is 0.633. The number of ketones is 1. The number of nitrogens with zero attached hydrogens (tertiary/aromatic N) is 4. The molecule has 0 N–H and O–H groups in total. The van der Waals surface area contributed by atoms with Gasteiger partial charge in [0.15, 0.2) is 12.4 Å². The van der Waals surface area contributed by atoms with E-state index in [1.165, 1.54) is 11.3 Å². The Hall–Kier alpha value is -2.20. The highest BCUT2D eigenvalue weighted by atomic mass is 32.1. The van der Waals surface area contributed by atoms with Crippen molar-refractivity contribution in [2.24, 2.45) is 13.0 Å². The van der Waals surface area contributed by atoms with Gasteiger partial charge in [0, 0.05) is 63.1 Å². The van der Waals surface area contributed by atoms with E-state index in [1.54, 1.807) is 23.0 Å². The van der Waals surface area contributed by atoms with Crippen LogP contribution >= 0.6 is 11.3 Å². The maximum atomic E-state index is 15.5. The molecule has 0 spiro atoms. The molecule has 0 bridgehead atoms. The highest BCUT2D eigenvalue weighted by Crippen LogP contribution is 2.39. The fourth-order valence-corrected chi connectivity index (χ4v) is 5.88. The number of carbonyl (C=O) groups excluding carboxylic acids is 1. The van der Waals surface area contributed by atoms with E-state index in [0.717, 1.165) is 55.4 Å². The van der Waals surface area contributed by atoms with E-state index in [1.807, 2.05) is 13.2 Å². The van der Waals surface area contributed by atoms with E-state index in [0.29, 0.717) is 43.8 Å². The number of rotatable bonds is 10. The molecule has 2 aromatic heterocycles. The Labute approximate surface area is 214 Å². The van der Waals surface area contributed by atoms with Gasteiger partial charge in [-0.15, -0.1) is 0 Å². The minimum atomic E-state index is -2.88. The molecule has 1 aliphatic carbocycles. The van der Waals surface area contributed by atoms with Gasteiger partial charge in [0.05, 0.1) is 11.9 Å². The van der Waals surface area contributed by atoms with Crippen molar-refractivity contribution in [3.8, 4) is 5.19 Å². The van der Waals surface area contributed by atoms with Crippen molar-refractivity contribution >= 4 is 23.2 Å². The third-order valence-corrected chi connectivity index (χ3v) is 8.15. The van der Waals surface area contributed by atoms with Crippen molar-refractivity contribution < 1.29 is 22.7 Å². The molecule has 3 heterocycles. The molecule has 36 heavy (non-hydrogen) atoms. The summed E-state index contributed by atoms with van der Waals surface area (Å²) in [6, 6.07) is 0. The number of alkyl halides is 3. The molecule has 0 amide bonds. The zero-order valence-corrected chi connectivity index (χ0v) is 21.8. The summed E-state index contributed by atoms with van der Waals surface area (Å²) in [6.45, 7) is 2.43. The summed E-state index contributed by atoms with van der Waals surface area (Å²) < 4.78 is 48.5. The van der Waals surface area contributed by atoms with E-state index < -0.39 is 18.2 Å². The number of hydrogen-bond donors (Lipinski definition) is 0. The number of fused-ring (bicyclic) bond motifs is 1. The van der Waals surface area contributed by atoms with Crippen LogP contribution in [0.3, 0.4) is 0 Å². The summed E-state index contributed by atoms with van der Waals surface area (Å²) in [4.78, 5) is 20.1. The van der Waals surface area contributed by atoms with Crippen LogP contribution in [0.15, 0.2) is 18.5 Å². The van der Waals surface area contributed by atoms with Crippen LogP contribution in [-0.2, 0) is 24.7 Å². The fraction of sp³-hybridized carbons (Fsp3) is 0.654. The third-order valence-electron chi connectivity index (χ3n) is 7.08. The highest BCUT2D eigenvalue weighted by molar-refractivity contribution is 7.13. The number of halogens is 3. The van der Waals surface area contributed by atoms with Crippen molar-refractivity contribution in [1.82, 2.24) is 19.7 Å². The first kappa shape index (κ1) is 26.9. The SMILES string of the molecule is Cn1cc(C=CC(=O)CC2CCC(F)(CCN3CCc4nc(OCC(C)(F)F)sc4CC3)CC2)cn1. The predicted octanol–water partition coefficient (Wildman–Crippen LogP) is 5.27. The molecule has 2 aliphatic rings.